The Hall–Kier alpha value is -1.92. The Bertz CT molecular complexity index is 524. The van der Waals surface area contributed by atoms with Crippen LogP contribution in [0.2, 0.25) is 0 Å². The minimum absolute atomic E-state index is 0.0302. The molecule has 0 radical (unpaired) electrons. The molecule has 0 unspecified atom stereocenters. The lowest BCUT2D eigenvalue weighted by molar-refractivity contribution is 0.102. The van der Waals surface area contributed by atoms with Crippen LogP contribution < -0.4 is 10.1 Å². The molecule has 2 heterocycles. The number of hydrogen-bond acceptors (Lipinski definition) is 4. The smallest absolute Gasteiger partial charge is 0.317 e. The predicted octanol–water partition coefficient (Wildman–Crippen LogP) is 2.89. The van der Waals surface area contributed by atoms with Crippen molar-refractivity contribution in [2.45, 2.75) is 63.5 Å². The molecule has 0 spiro atoms. The van der Waals surface area contributed by atoms with Crippen molar-refractivity contribution in [1.82, 2.24) is 20.2 Å². The average molecular weight is 336 g/mol. The van der Waals surface area contributed by atoms with E-state index in [1.54, 1.807) is 0 Å². The summed E-state index contributed by atoms with van der Waals surface area (Å²) < 4.78 is 18.4. The van der Waals surface area contributed by atoms with E-state index in [1.165, 1.54) is 25.7 Å². The van der Waals surface area contributed by atoms with Gasteiger partial charge >= 0.3 is 12.0 Å². The predicted molar refractivity (Wildman–Crippen MR) is 87.2 cm³/mol. The molecule has 1 saturated carbocycles. The van der Waals surface area contributed by atoms with Crippen LogP contribution in [0.5, 0.6) is 6.01 Å². The number of urea groups is 1. The normalized spacial score (nSPS) is 20.5. The van der Waals surface area contributed by atoms with Gasteiger partial charge in [-0.05, 0) is 12.8 Å². The van der Waals surface area contributed by atoms with Gasteiger partial charge in [0.05, 0.1) is 12.4 Å². The van der Waals surface area contributed by atoms with Crippen LogP contribution in [0.25, 0.3) is 0 Å². The molecule has 1 saturated heterocycles. The maximum Gasteiger partial charge on any atom is 0.317 e. The van der Waals surface area contributed by atoms with Gasteiger partial charge in [0.1, 0.15) is 6.10 Å². The summed E-state index contributed by atoms with van der Waals surface area (Å²) in [7, 11) is 0. The molecule has 3 rings (SSSR count). The van der Waals surface area contributed by atoms with Crippen molar-refractivity contribution in [3.8, 4) is 6.01 Å². The number of aromatic nitrogens is 2. The largest absolute Gasteiger partial charge is 0.460 e. The number of carbonyl (C=O) groups is 1. The molecule has 7 heteroatoms. The summed E-state index contributed by atoms with van der Waals surface area (Å²) in [6.45, 7) is 1.31. The lowest BCUT2D eigenvalue weighted by Crippen LogP contribution is -2.49. The Morgan fingerprint density at radius 1 is 1.08 bits per heavy atom. The molecular formula is C17H25FN4O2. The molecule has 24 heavy (non-hydrogen) atoms. The first kappa shape index (κ1) is 16.9. The van der Waals surface area contributed by atoms with Gasteiger partial charge < -0.3 is 15.0 Å². The quantitative estimate of drug-likeness (QED) is 0.862. The molecule has 2 fully saturated rings. The number of likely N-dealkylation sites (tertiary alicyclic amines) is 1. The lowest BCUT2D eigenvalue weighted by atomic mass is 10.1. The van der Waals surface area contributed by atoms with E-state index in [0.717, 1.165) is 38.1 Å². The Morgan fingerprint density at radius 2 is 1.71 bits per heavy atom. The number of piperidine rings is 1. The van der Waals surface area contributed by atoms with Gasteiger partial charge in [-0.15, -0.1) is 0 Å². The number of rotatable bonds is 3. The van der Waals surface area contributed by atoms with Gasteiger partial charge in [-0.25, -0.2) is 19.2 Å². The fourth-order valence-electron chi connectivity index (χ4n) is 3.38. The van der Waals surface area contributed by atoms with E-state index in [2.05, 4.69) is 15.3 Å². The van der Waals surface area contributed by atoms with Crippen LogP contribution in [0.3, 0.4) is 0 Å². The van der Waals surface area contributed by atoms with Gasteiger partial charge in [-0.3, -0.25) is 0 Å². The van der Waals surface area contributed by atoms with Crippen LogP contribution in [0.15, 0.2) is 12.4 Å². The fraction of sp³-hybridized carbons (Fsp3) is 0.706. The van der Waals surface area contributed by atoms with Gasteiger partial charge in [-0.2, -0.15) is 0 Å². The van der Waals surface area contributed by atoms with Crippen molar-refractivity contribution in [2.24, 2.45) is 0 Å². The molecule has 0 atom stereocenters. The molecule has 1 aromatic heterocycles. The molecule has 1 N–H and O–H groups in total. The van der Waals surface area contributed by atoms with Crippen molar-refractivity contribution in [3.05, 3.63) is 18.2 Å². The number of nitrogens with zero attached hydrogens (tertiary/aromatic N) is 3. The third kappa shape index (κ3) is 4.79. The molecule has 6 nitrogen and oxygen atoms in total. The number of carbonyl (C=O) groups excluding carboxylic acids is 1. The molecule has 2 amide bonds. The number of amides is 2. The van der Waals surface area contributed by atoms with E-state index >= 15 is 0 Å². The highest BCUT2D eigenvalue weighted by atomic mass is 19.1. The summed E-state index contributed by atoms with van der Waals surface area (Å²) >= 11 is 0. The molecule has 2 aliphatic rings. The summed E-state index contributed by atoms with van der Waals surface area (Å²) in [5, 5.41) is 3.18. The van der Waals surface area contributed by atoms with Gasteiger partial charge in [0, 0.05) is 32.0 Å². The standard InChI is InChI=1S/C17H25FN4O2/c18-13-11-19-16(20-12-13)24-15-7-9-22(10-8-15)17(23)21-14-5-3-1-2-4-6-14/h11-12,14-15H,1-10H2,(H,21,23). The van der Waals surface area contributed by atoms with Crippen LogP contribution in [0.1, 0.15) is 51.4 Å². The number of hydrogen-bond donors (Lipinski definition) is 1. The maximum absolute atomic E-state index is 12.8. The summed E-state index contributed by atoms with van der Waals surface area (Å²) in [4.78, 5) is 21.9. The zero-order valence-corrected chi connectivity index (χ0v) is 13.9. The van der Waals surface area contributed by atoms with Crippen LogP contribution in [-0.2, 0) is 0 Å². The summed E-state index contributed by atoms with van der Waals surface area (Å²) in [6, 6.07) is 0.553. The molecular weight excluding hydrogens is 311 g/mol. The zero-order valence-electron chi connectivity index (χ0n) is 13.9. The molecule has 132 valence electrons. The molecule has 1 aromatic rings. The first-order valence-corrected chi connectivity index (χ1v) is 8.90. The minimum atomic E-state index is -0.479. The molecule has 1 aliphatic carbocycles. The summed E-state index contributed by atoms with van der Waals surface area (Å²) in [5.41, 5.74) is 0. The van der Waals surface area contributed by atoms with Gasteiger partial charge in [0.25, 0.3) is 0 Å². The van der Waals surface area contributed by atoms with Crippen LogP contribution in [-0.4, -0.2) is 46.1 Å². The topological polar surface area (TPSA) is 67.4 Å². The average Bonchev–Trinajstić information content (AvgIpc) is 2.86. The Balaban J connectivity index is 1.42. The van der Waals surface area contributed by atoms with Gasteiger partial charge in [0.2, 0.25) is 0 Å². The second-order valence-corrected chi connectivity index (χ2v) is 6.63. The minimum Gasteiger partial charge on any atom is -0.460 e. The lowest BCUT2D eigenvalue weighted by Gasteiger charge is -2.32. The summed E-state index contributed by atoms with van der Waals surface area (Å²) in [6.07, 6.45) is 10.8. The summed E-state index contributed by atoms with van der Waals surface area (Å²) in [5.74, 6) is -0.479. The van der Waals surface area contributed by atoms with E-state index in [-0.39, 0.29) is 18.1 Å². The van der Waals surface area contributed by atoms with E-state index in [1.807, 2.05) is 4.90 Å². The van der Waals surface area contributed by atoms with E-state index in [4.69, 9.17) is 4.74 Å². The molecule has 0 aromatic carbocycles. The number of nitrogens with one attached hydrogen (secondary N) is 1. The molecule has 1 aliphatic heterocycles. The van der Waals surface area contributed by atoms with Gasteiger partial charge in [-0.1, -0.05) is 25.7 Å². The van der Waals surface area contributed by atoms with Crippen molar-refractivity contribution < 1.29 is 13.9 Å². The first-order chi connectivity index (χ1) is 11.7. The highest BCUT2D eigenvalue weighted by molar-refractivity contribution is 5.74. The van der Waals surface area contributed by atoms with E-state index in [0.29, 0.717) is 19.1 Å². The fourth-order valence-corrected chi connectivity index (χ4v) is 3.38. The van der Waals surface area contributed by atoms with Crippen molar-refractivity contribution in [2.75, 3.05) is 13.1 Å². The third-order valence-electron chi connectivity index (χ3n) is 4.78. The van der Waals surface area contributed by atoms with Crippen molar-refractivity contribution in [3.63, 3.8) is 0 Å². The van der Waals surface area contributed by atoms with Crippen molar-refractivity contribution >= 4 is 6.03 Å². The SMILES string of the molecule is O=C(NC1CCCCCC1)N1CCC(Oc2ncc(F)cn2)CC1. The second kappa shape index (κ2) is 8.26. The van der Waals surface area contributed by atoms with Crippen LogP contribution in [0, 0.1) is 5.82 Å². The number of halogens is 1. The van der Waals surface area contributed by atoms with E-state index < -0.39 is 5.82 Å². The maximum atomic E-state index is 12.8. The Labute approximate surface area is 141 Å². The second-order valence-electron chi connectivity index (χ2n) is 6.63. The third-order valence-corrected chi connectivity index (χ3v) is 4.78. The molecule has 0 bridgehead atoms. The van der Waals surface area contributed by atoms with Crippen LogP contribution >= 0.6 is 0 Å². The van der Waals surface area contributed by atoms with Gasteiger partial charge in [0.15, 0.2) is 5.82 Å². The van der Waals surface area contributed by atoms with Crippen LogP contribution in [0.4, 0.5) is 9.18 Å². The first-order valence-electron chi connectivity index (χ1n) is 8.90. The Morgan fingerprint density at radius 3 is 2.33 bits per heavy atom. The zero-order chi connectivity index (χ0) is 16.8. The monoisotopic (exact) mass is 336 g/mol. The Kier molecular flexibility index (Phi) is 5.82. The van der Waals surface area contributed by atoms with E-state index in [9.17, 15) is 9.18 Å². The highest BCUT2D eigenvalue weighted by Gasteiger charge is 2.26. The number of ether oxygens (including phenoxy) is 1. The highest BCUT2D eigenvalue weighted by Crippen LogP contribution is 2.19. The van der Waals surface area contributed by atoms with Crippen molar-refractivity contribution in [1.29, 1.82) is 0 Å².